The van der Waals surface area contributed by atoms with E-state index in [0.29, 0.717) is 6.42 Å². The van der Waals surface area contributed by atoms with E-state index in [0.717, 1.165) is 29.7 Å². The Morgan fingerprint density at radius 2 is 2.14 bits per heavy atom. The van der Waals surface area contributed by atoms with Crippen molar-refractivity contribution in [1.29, 1.82) is 0 Å². The predicted molar refractivity (Wildman–Crippen MR) is 54.7 cm³/mol. The van der Waals surface area contributed by atoms with Crippen LogP contribution >= 0.6 is 0 Å². The molecule has 0 atom stereocenters. The maximum Gasteiger partial charge on any atom is 0.160 e. The van der Waals surface area contributed by atoms with Gasteiger partial charge in [-0.25, -0.2) is 4.68 Å². The summed E-state index contributed by atoms with van der Waals surface area (Å²) in [6, 6.07) is 0. The topological polar surface area (TPSA) is 34.9 Å². The number of hydrogen-bond donors (Lipinski definition) is 0. The highest BCUT2D eigenvalue weighted by Gasteiger charge is 2.18. The maximum absolute atomic E-state index is 11.5. The van der Waals surface area contributed by atoms with Gasteiger partial charge in [0.15, 0.2) is 5.78 Å². The maximum atomic E-state index is 11.5. The van der Waals surface area contributed by atoms with Crippen molar-refractivity contribution in [3.8, 4) is 0 Å². The van der Waals surface area contributed by atoms with Gasteiger partial charge in [-0.05, 0) is 32.3 Å². The smallest absolute Gasteiger partial charge is 0.160 e. The van der Waals surface area contributed by atoms with E-state index in [1.54, 1.807) is 0 Å². The summed E-state index contributed by atoms with van der Waals surface area (Å²) >= 11 is 0. The van der Waals surface area contributed by atoms with Gasteiger partial charge in [-0.2, -0.15) is 5.10 Å². The summed E-state index contributed by atoms with van der Waals surface area (Å²) in [5, 5.41) is 4.23. The van der Waals surface area contributed by atoms with Crippen LogP contribution in [0, 0.1) is 6.92 Å². The van der Waals surface area contributed by atoms with E-state index >= 15 is 0 Å². The minimum absolute atomic E-state index is 0.263. The van der Waals surface area contributed by atoms with Crippen LogP contribution in [0.1, 0.15) is 31.7 Å². The Kier molecular flexibility index (Phi) is 2.23. The van der Waals surface area contributed by atoms with Gasteiger partial charge in [0.05, 0.1) is 6.20 Å². The van der Waals surface area contributed by atoms with Crippen molar-refractivity contribution >= 4 is 11.5 Å². The van der Waals surface area contributed by atoms with E-state index in [1.165, 1.54) is 0 Å². The fourth-order valence-electron chi connectivity index (χ4n) is 1.80. The summed E-state index contributed by atoms with van der Waals surface area (Å²) < 4.78 is 1.84. The second-order valence-electron chi connectivity index (χ2n) is 3.81. The summed E-state index contributed by atoms with van der Waals surface area (Å²) in [5.41, 5.74) is 3.07. The van der Waals surface area contributed by atoms with Crippen molar-refractivity contribution < 1.29 is 4.79 Å². The number of carbonyl (C=O) groups excluding carboxylic acids is 1. The average Bonchev–Trinajstić information content (AvgIpc) is 2.57. The van der Waals surface area contributed by atoms with Crippen LogP contribution < -0.4 is 0 Å². The first-order valence-electron chi connectivity index (χ1n) is 4.93. The first-order valence-corrected chi connectivity index (χ1v) is 4.93. The fourth-order valence-corrected chi connectivity index (χ4v) is 1.80. The number of aryl methyl sites for hydroxylation is 1. The van der Waals surface area contributed by atoms with Crippen LogP contribution in [-0.2, 0) is 4.79 Å². The zero-order valence-electron chi connectivity index (χ0n) is 8.58. The number of hydrogen-bond acceptors (Lipinski definition) is 2. The molecular formula is C11H14N2O. The fraction of sp³-hybridized carbons (Fsp3) is 0.455. The van der Waals surface area contributed by atoms with Crippen molar-refractivity contribution in [2.75, 3.05) is 0 Å². The van der Waals surface area contributed by atoms with Crippen LogP contribution in [0.15, 0.2) is 18.0 Å². The normalized spacial score (nSPS) is 17.7. The Labute approximate surface area is 83.4 Å². The van der Waals surface area contributed by atoms with Crippen molar-refractivity contribution in [2.24, 2.45) is 0 Å². The zero-order valence-corrected chi connectivity index (χ0v) is 8.58. The molecular weight excluding hydrogens is 176 g/mol. The van der Waals surface area contributed by atoms with E-state index in [1.807, 2.05) is 30.9 Å². The molecule has 14 heavy (non-hydrogen) atoms. The predicted octanol–water partition coefficient (Wildman–Crippen LogP) is 2.18. The first kappa shape index (κ1) is 9.19. The molecule has 3 heteroatoms. The van der Waals surface area contributed by atoms with Crippen LogP contribution in [0.2, 0.25) is 0 Å². The van der Waals surface area contributed by atoms with Crippen LogP contribution in [0.25, 0.3) is 5.70 Å². The molecule has 0 saturated heterocycles. The van der Waals surface area contributed by atoms with Crippen molar-refractivity contribution in [3.05, 3.63) is 23.5 Å². The van der Waals surface area contributed by atoms with Gasteiger partial charge in [0.25, 0.3) is 0 Å². The minimum Gasteiger partial charge on any atom is -0.294 e. The van der Waals surface area contributed by atoms with E-state index in [4.69, 9.17) is 0 Å². The Morgan fingerprint density at radius 3 is 2.79 bits per heavy atom. The Balaban J connectivity index is 2.42. The zero-order chi connectivity index (χ0) is 10.1. The van der Waals surface area contributed by atoms with Crippen molar-refractivity contribution in [1.82, 2.24) is 9.78 Å². The molecule has 1 heterocycles. The molecule has 0 radical (unpaired) electrons. The van der Waals surface area contributed by atoms with Gasteiger partial charge in [-0.15, -0.1) is 0 Å². The summed E-state index contributed by atoms with van der Waals surface area (Å²) in [6.07, 6.45) is 6.38. The molecule has 3 nitrogen and oxygen atoms in total. The minimum atomic E-state index is 0.263. The molecule has 74 valence electrons. The Hall–Kier alpha value is -1.38. The molecule has 0 saturated carbocycles. The van der Waals surface area contributed by atoms with Crippen LogP contribution in [-0.4, -0.2) is 15.6 Å². The second kappa shape index (κ2) is 3.40. The largest absolute Gasteiger partial charge is 0.294 e. The van der Waals surface area contributed by atoms with Crippen LogP contribution in [0.5, 0.6) is 0 Å². The molecule has 0 aliphatic heterocycles. The number of allylic oxidation sites excluding steroid dienone is 2. The summed E-state index contributed by atoms with van der Waals surface area (Å²) in [6.45, 7) is 3.90. The van der Waals surface area contributed by atoms with Gasteiger partial charge in [0.1, 0.15) is 0 Å². The van der Waals surface area contributed by atoms with E-state index < -0.39 is 0 Å². The third-order valence-electron chi connectivity index (χ3n) is 2.66. The van der Waals surface area contributed by atoms with E-state index in [-0.39, 0.29) is 5.78 Å². The lowest BCUT2D eigenvalue weighted by molar-refractivity contribution is -0.115. The van der Waals surface area contributed by atoms with Crippen molar-refractivity contribution in [2.45, 2.75) is 33.1 Å². The van der Waals surface area contributed by atoms with Gasteiger partial charge >= 0.3 is 0 Å². The van der Waals surface area contributed by atoms with Gasteiger partial charge in [-0.3, -0.25) is 4.79 Å². The Morgan fingerprint density at radius 1 is 1.36 bits per heavy atom. The number of aromatic nitrogens is 2. The van der Waals surface area contributed by atoms with Gasteiger partial charge in [0.2, 0.25) is 0 Å². The molecule has 0 aromatic carbocycles. The van der Waals surface area contributed by atoms with Crippen molar-refractivity contribution in [3.63, 3.8) is 0 Å². The second-order valence-corrected chi connectivity index (χ2v) is 3.81. The third kappa shape index (κ3) is 1.50. The van der Waals surface area contributed by atoms with Gasteiger partial charge in [-0.1, -0.05) is 0 Å². The molecule has 0 fully saturated rings. The monoisotopic (exact) mass is 190 g/mol. The highest BCUT2D eigenvalue weighted by molar-refractivity contribution is 6.00. The van der Waals surface area contributed by atoms with Crippen LogP contribution in [0.4, 0.5) is 0 Å². The average molecular weight is 190 g/mol. The number of carbonyl (C=O) groups is 1. The molecule has 0 amide bonds. The van der Waals surface area contributed by atoms with E-state index in [9.17, 15) is 4.79 Å². The summed E-state index contributed by atoms with van der Waals surface area (Å²) in [7, 11) is 0. The van der Waals surface area contributed by atoms with Gasteiger partial charge in [0, 0.05) is 23.9 Å². The van der Waals surface area contributed by atoms with Crippen LogP contribution in [0.3, 0.4) is 0 Å². The molecule has 0 N–H and O–H groups in total. The summed E-state index contributed by atoms with van der Waals surface area (Å²) in [4.78, 5) is 11.5. The highest BCUT2D eigenvalue weighted by Crippen LogP contribution is 2.24. The quantitative estimate of drug-likeness (QED) is 0.680. The lowest BCUT2D eigenvalue weighted by Crippen LogP contribution is -2.12. The Bertz CT molecular complexity index is 401. The summed E-state index contributed by atoms with van der Waals surface area (Å²) in [5.74, 6) is 0.263. The SMILES string of the molecule is CC1=C(n2cc(C)cn2)CCCC1=O. The molecule has 1 aliphatic rings. The van der Waals surface area contributed by atoms with E-state index in [2.05, 4.69) is 5.10 Å². The lowest BCUT2D eigenvalue weighted by Gasteiger charge is -2.16. The molecule has 1 aromatic rings. The number of nitrogens with zero attached hydrogens (tertiary/aromatic N) is 2. The molecule has 1 aliphatic carbocycles. The standard InChI is InChI=1S/C11H14N2O/c1-8-6-12-13(7-8)10-4-3-5-11(14)9(10)2/h6-7H,3-5H2,1-2H3. The lowest BCUT2D eigenvalue weighted by atomic mass is 9.96. The number of ketones is 1. The molecule has 0 unspecified atom stereocenters. The highest BCUT2D eigenvalue weighted by atomic mass is 16.1. The number of rotatable bonds is 1. The first-order chi connectivity index (χ1) is 6.68. The molecule has 2 rings (SSSR count). The molecule has 0 spiro atoms. The van der Waals surface area contributed by atoms with Gasteiger partial charge < -0.3 is 0 Å². The number of Topliss-reactive ketones (excluding diaryl/α,β-unsaturated/α-hetero) is 1. The molecule has 1 aromatic heterocycles. The third-order valence-corrected chi connectivity index (χ3v) is 2.66. The molecule has 0 bridgehead atoms.